The van der Waals surface area contributed by atoms with Crippen LogP contribution in [0.1, 0.15) is 12.0 Å². The first-order valence-corrected chi connectivity index (χ1v) is 8.86. The highest BCUT2D eigenvalue weighted by molar-refractivity contribution is 7.91. The number of nitrogens with zero attached hydrogens (tertiary/aromatic N) is 1. The number of hydrogen-bond donors (Lipinski definition) is 1. The van der Waals surface area contributed by atoms with Crippen molar-refractivity contribution < 1.29 is 27.9 Å². The molecule has 0 saturated carbocycles. The minimum absolute atomic E-state index is 0.0568. The Morgan fingerprint density at radius 3 is 2.57 bits per heavy atom. The maximum atomic E-state index is 12.2. The van der Waals surface area contributed by atoms with Crippen molar-refractivity contribution in [3.63, 3.8) is 0 Å². The van der Waals surface area contributed by atoms with Crippen LogP contribution in [0.4, 0.5) is 0 Å². The van der Waals surface area contributed by atoms with Crippen LogP contribution in [0.5, 0.6) is 0 Å². The van der Waals surface area contributed by atoms with Crippen molar-refractivity contribution in [1.82, 2.24) is 4.90 Å². The van der Waals surface area contributed by atoms with Gasteiger partial charge >= 0.3 is 5.97 Å². The molecule has 0 aliphatic carbocycles. The predicted octanol–water partition coefficient (Wildman–Crippen LogP) is 0.471. The van der Waals surface area contributed by atoms with Gasteiger partial charge in [0.05, 0.1) is 23.8 Å². The SMILES string of the molecule is Cc1ccc(S(=O)(=O)CCC(=O)N2CCO[C@H](C(=O)O)C2)cc1. The fraction of sp³-hybridized carbons (Fsp3) is 0.467. The van der Waals surface area contributed by atoms with Gasteiger partial charge in [0, 0.05) is 13.0 Å². The molecule has 1 saturated heterocycles. The molecule has 0 spiro atoms. The van der Waals surface area contributed by atoms with Crippen LogP contribution < -0.4 is 0 Å². The van der Waals surface area contributed by atoms with Crippen LogP contribution in [0.3, 0.4) is 0 Å². The second-order valence-corrected chi connectivity index (χ2v) is 7.53. The van der Waals surface area contributed by atoms with Gasteiger partial charge in [-0.3, -0.25) is 4.79 Å². The molecular formula is C15H19NO6S. The zero-order valence-corrected chi connectivity index (χ0v) is 13.6. The van der Waals surface area contributed by atoms with Gasteiger partial charge in [-0.1, -0.05) is 17.7 Å². The number of aliphatic carboxylic acids is 1. The van der Waals surface area contributed by atoms with E-state index in [9.17, 15) is 18.0 Å². The van der Waals surface area contributed by atoms with Gasteiger partial charge in [-0.15, -0.1) is 0 Å². The molecule has 2 rings (SSSR count). The van der Waals surface area contributed by atoms with Gasteiger partial charge in [0.15, 0.2) is 15.9 Å². The monoisotopic (exact) mass is 341 g/mol. The molecule has 1 heterocycles. The number of carbonyl (C=O) groups excluding carboxylic acids is 1. The third-order valence-corrected chi connectivity index (χ3v) is 5.39. The van der Waals surface area contributed by atoms with Crippen LogP contribution in [0.15, 0.2) is 29.2 Å². The number of carbonyl (C=O) groups is 2. The highest BCUT2D eigenvalue weighted by Gasteiger charge is 2.29. The van der Waals surface area contributed by atoms with Crippen molar-refractivity contribution in [2.45, 2.75) is 24.3 Å². The predicted molar refractivity (Wildman–Crippen MR) is 81.8 cm³/mol. The van der Waals surface area contributed by atoms with E-state index < -0.39 is 21.9 Å². The molecule has 8 heteroatoms. The van der Waals surface area contributed by atoms with Crippen molar-refractivity contribution >= 4 is 21.7 Å². The van der Waals surface area contributed by atoms with Crippen LogP contribution in [0.25, 0.3) is 0 Å². The third kappa shape index (κ3) is 4.52. The standard InChI is InChI=1S/C15H19NO6S/c1-11-2-4-12(5-3-11)23(20,21)9-6-14(17)16-7-8-22-13(10-16)15(18)19/h2-5,13H,6-10H2,1H3,(H,18,19)/t13-/m0/s1. The lowest BCUT2D eigenvalue weighted by molar-refractivity contribution is -0.159. The van der Waals surface area contributed by atoms with Crippen LogP contribution >= 0.6 is 0 Å². The van der Waals surface area contributed by atoms with Crippen molar-refractivity contribution in [2.24, 2.45) is 0 Å². The fourth-order valence-electron chi connectivity index (χ4n) is 2.27. The zero-order valence-electron chi connectivity index (χ0n) is 12.8. The number of benzene rings is 1. The maximum absolute atomic E-state index is 12.2. The minimum atomic E-state index is -3.54. The lowest BCUT2D eigenvalue weighted by atomic mass is 10.2. The Morgan fingerprint density at radius 1 is 1.30 bits per heavy atom. The first-order chi connectivity index (χ1) is 10.8. The number of carboxylic acids is 1. The molecule has 1 atom stereocenters. The van der Waals surface area contributed by atoms with Gasteiger partial charge in [0.2, 0.25) is 5.91 Å². The normalized spacial score (nSPS) is 18.7. The Balaban J connectivity index is 1.95. The highest BCUT2D eigenvalue weighted by Crippen LogP contribution is 2.14. The summed E-state index contributed by atoms with van der Waals surface area (Å²) >= 11 is 0. The van der Waals surface area contributed by atoms with E-state index in [1.165, 1.54) is 17.0 Å². The molecule has 1 aromatic rings. The summed E-state index contributed by atoms with van der Waals surface area (Å²) in [7, 11) is -3.54. The quantitative estimate of drug-likeness (QED) is 0.835. The molecule has 1 fully saturated rings. The van der Waals surface area contributed by atoms with Crippen LogP contribution in [-0.2, 0) is 24.2 Å². The largest absolute Gasteiger partial charge is 0.479 e. The zero-order chi connectivity index (χ0) is 17.0. The number of carboxylic acid groups (broad SMARTS) is 1. The average molecular weight is 341 g/mol. The first-order valence-electron chi connectivity index (χ1n) is 7.21. The number of sulfone groups is 1. The van der Waals surface area contributed by atoms with Gasteiger partial charge in [-0.05, 0) is 19.1 Å². The van der Waals surface area contributed by atoms with Gasteiger partial charge in [-0.25, -0.2) is 13.2 Å². The summed E-state index contributed by atoms with van der Waals surface area (Å²) in [5, 5.41) is 8.91. The Hall–Kier alpha value is -1.93. The molecule has 1 aliphatic heterocycles. The summed E-state index contributed by atoms with van der Waals surface area (Å²) in [6.07, 6.45) is -1.23. The fourth-order valence-corrected chi connectivity index (χ4v) is 3.50. The van der Waals surface area contributed by atoms with Gasteiger partial charge in [0.1, 0.15) is 0 Å². The number of hydrogen-bond acceptors (Lipinski definition) is 5. The molecule has 0 radical (unpaired) electrons. The number of aryl methyl sites for hydroxylation is 1. The molecule has 0 unspecified atom stereocenters. The van der Waals surface area contributed by atoms with Crippen molar-refractivity contribution in [3.05, 3.63) is 29.8 Å². The summed E-state index contributed by atoms with van der Waals surface area (Å²) in [6.45, 7) is 2.20. The lowest BCUT2D eigenvalue weighted by Gasteiger charge is -2.30. The molecule has 1 aliphatic rings. The van der Waals surface area contributed by atoms with Gasteiger partial charge in [0.25, 0.3) is 0 Å². The van der Waals surface area contributed by atoms with Crippen LogP contribution in [0.2, 0.25) is 0 Å². The van der Waals surface area contributed by atoms with E-state index in [4.69, 9.17) is 9.84 Å². The van der Waals surface area contributed by atoms with Crippen molar-refractivity contribution in [2.75, 3.05) is 25.4 Å². The number of ether oxygens (including phenoxy) is 1. The maximum Gasteiger partial charge on any atom is 0.334 e. The molecule has 7 nitrogen and oxygen atoms in total. The van der Waals surface area contributed by atoms with Crippen LogP contribution in [-0.4, -0.2) is 61.9 Å². The Labute approximate surface area is 134 Å². The molecule has 126 valence electrons. The van der Waals surface area contributed by atoms with E-state index in [1.54, 1.807) is 12.1 Å². The average Bonchev–Trinajstić information content (AvgIpc) is 2.53. The highest BCUT2D eigenvalue weighted by atomic mass is 32.2. The summed E-state index contributed by atoms with van der Waals surface area (Å²) in [5.41, 5.74) is 0.952. The molecule has 0 aromatic heterocycles. The van der Waals surface area contributed by atoms with E-state index in [2.05, 4.69) is 0 Å². The second-order valence-electron chi connectivity index (χ2n) is 5.42. The van der Waals surface area contributed by atoms with Gasteiger partial charge < -0.3 is 14.7 Å². The molecular weight excluding hydrogens is 322 g/mol. The summed E-state index contributed by atoms with van der Waals surface area (Å²) in [4.78, 5) is 24.5. The molecule has 1 N–H and O–H groups in total. The Bertz CT molecular complexity index is 682. The topological polar surface area (TPSA) is 101 Å². The third-order valence-electron chi connectivity index (χ3n) is 3.66. The van der Waals surface area contributed by atoms with Crippen molar-refractivity contribution in [3.8, 4) is 0 Å². The summed E-state index contributed by atoms with van der Waals surface area (Å²) in [5.74, 6) is -1.81. The van der Waals surface area contributed by atoms with E-state index in [0.717, 1.165) is 5.56 Å². The summed E-state index contributed by atoms with van der Waals surface area (Å²) < 4.78 is 29.5. The first kappa shape index (κ1) is 17.4. The molecule has 0 bridgehead atoms. The Morgan fingerprint density at radius 2 is 1.96 bits per heavy atom. The summed E-state index contributed by atoms with van der Waals surface area (Å²) in [6, 6.07) is 6.44. The minimum Gasteiger partial charge on any atom is -0.479 e. The van der Waals surface area contributed by atoms with E-state index in [0.29, 0.717) is 0 Å². The molecule has 1 aromatic carbocycles. The second kappa shape index (κ2) is 7.10. The Kier molecular flexibility index (Phi) is 5.38. The van der Waals surface area contributed by atoms with E-state index in [-0.39, 0.29) is 42.7 Å². The lowest BCUT2D eigenvalue weighted by Crippen LogP contribution is -2.48. The van der Waals surface area contributed by atoms with Gasteiger partial charge in [-0.2, -0.15) is 0 Å². The van der Waals surface area contributed by atoms with Crippen LogP contribution in [0, 0.1) is 6.92 Å². The molecule has 23 heavy (non-hydrogen) atoms. The number of morpholine rings is 1. The van der Waals surface area contributed by atoms with Crippen molar-refractivity contribution in [1.29, 1.82) is 0 Å². The number of rotatable bonds is 5. The molecule has 1 amide bonds. The number of amides is 1. The smallest absolute Gasteiger partial charge is 0.334 e. The van der Waals surface area contributed by atoms with E-state index >= 15 is 0 Å². The van der Waals surface area contributed by atoms with E-state index in [1.807, 2.05) is 6.92 Å².